The minimum absolute atomic E-state index is 0.127. The number of rotatable bonds is 7. The van der Waals surface area contributed by atoms with Crippen LogP contribution in [0.15, 0.2) is 53.2 Å². The largest absolute Gasteiger partial charge is 0.493 e. The van der Waals surface area contributed by atoms with E-state index in [0.29, 0.717) is 16.9 Å². The zero-order valence-corrected chi connectivity index (χ0v) is 16.6. The van der Waals surface area contributed by atoms with Gasteiger partial charge in [0.05, 0.1) is 18.7 Å². The van der Waals surface area contributed by atoms with Crippen LogP contribution >= 0.6 is 11.6 Å². The topological polar surface area (TPSA) is 83.4 Å². The number of benzene rings is 2. The van der Waals surface area contributed by atoms with Gasteiger partial charge in [-0.2, -0.15) is 0 Å². The summed E-state index contributed by atoms with van der Waals surface area (Å²) in [6.45, 7) is 1.65. The minimum atomic E-state index is -0.568. The number of hydrogen-bond donors (Lipinski definition) is 0. The number of ether oxygens (including phenoxy) is 4. The van der Waals surface area contributed by atoms with Crippen molar-refractivity contribution in [2.24, 2.45) is 4.99 Å². The number of esters is 2. The molecule has 0 N–H and O–H groups in total. The Morgan fingerprint density at radius 3 is 2.69 bits per heavy atom. The van der Waals surface area contributed by atoms with Crippen molar-refractivity contribution in [3.8, 4) is 11.5 Å². The van der Waals surface area contributed by atoms with Crippen molar-refractivity contribution in [2.75, 3.05) is 20.3 Å². The molecule has 8 heteroatoms. The lowest BCUT2D eigenvalue weighted by molar-refractivity contribution is -0.145. The molecule has 0 aliphatic carbocycles. The van der Waals surface area contributed by atoms with Crippen LogP contribution in [-0.2, 0) is 19.1 Å². The van der Waals surface area contributed by atoms with Crippen molar-refractivity contribution in [1.29, 1.82) is 0 Å². The highest BCUT2D eigenvalue weighted by molar-refractivity contribution is 6.32. The Balaban J connectivity index is 1.86. The quantitative estimate of drug-likeness (QED) is 0.507. The zero-order valence-electron chi connectivity index (χ0n) is 15.8. The summed E-state index contributed by atoms with van der Waals surface area (Å²) in [5.41, 5.74) is 1.38. The van der Waals surface area contributed by atoms with Gasteiger partial charge < -0.3 is 18.9 Å². The van der Waals surface area contributed by atoms with Crippen molar-refractivity contribution in [2.45, 2.75) is 6.92 Å². The molecule has 1 heterocycles. The van der Waals surface area contributed by atoms with Crippen molar-refractivity contribution in [3.63, 3.8) is 0 Å². The molecular formula is C21H18ClNO6. The third-order valence-corrected chi connectivity index (χ3v) is 4.12. The van der Waals surface area contributed by atoms with Gasteiger partial charge in [0.25, 0.3) is 0 Å². The average Bonchev–Trinajstić information content (AvgIpc) is 3.08. The molecule has 29 heavy (non-hydrogen) atoms. The molecule has 2 aromatic carbocycles. The minimum Gasteiger partial charge on any atom is -0.493 e. The van der Waals surface area contributed by atoms with Gasteiger partial charge in [0.2, 0.25) is 5.90 Å². The number of carbonyl (C=O) groups is 2. The van der Waals surface area contributed by atoms with Gasteiger partial charge in [0.15, 0.2) is 23.8 Å². The Labute approximate surface area is 172 Å². The lowest BCUT2D eigenvalue weighted by atomic mass is 10.1. The molecule has 7 nitrogen and oxygen atoms in total. The van der Waals surface area contributed by atoms with Crippen LogP contribution < -0.4 is 9.47 Å². The monoisotopic (exact) mass is 415 g/mol. The Hall–Kier alpha value is -3.32. The van der Waals surface area contributed by atoms with E-state index in [1.54, 1.807) is 31.2 Å². The van der Waals surface area contributed by atoms with Gasteiger partial charge in [-0.25, -0.2) is 14.6 Å². The van der Waals surface area contributed by atoms with Crippen LogP contribution in [0.25, 0.3) is 6.08 Å². The summed E-state index contributed by atoms with van der Waals surface area (Å²) in [4.78, 5) is 27.9. The predicted molar refractivity (Wildman–Crippen MR) is 107 cm³/mol. The molecule has 0 saturated carbocycles. The van der Waals surface area contributed by atoms with E-state index in [-0.39, 0.29) is 35.6 Å². The summed E-state index contributed by atoms with van der Waals surface area (Å²) in [7, 11) is 1.44. The Kier molecular flexibility index (Phi) is 6.51. The molecule has 1 aliphatic rings. The summed E-state index contributed by atoms with van der Waals surface area (Å²) in [5.74, 6) is -0.358. The molecule has 0 radical (unpaired) electrons. The maximum atomic E-state index is 12.2. The first-order chi connectivity index (χ1) is 14.0. The molecule has 3 rings (SSSR count). The van der Waals surface area contributed by atoms with Crippen molar-refractivity contribution >= 4 is 35.5 Å². The van der Waals surface area contributed by atoms with Crippen molar-refractivity contribution in [1.82, 2.24) is 0 Å². The molecule has 0 atom stereocenters. The fraction of sp³-hybridized carbons (Fsp3) is 0.190. The van der Waals surface area contributed by atoms with E-state index in [2.05, 4.69) is 4.99 Å². The average molecular weight is 416 g/mol. The molecular weight excluding hydrogens is 398 g/mol. The molecule has 1 aliphatic heterocycles. The van der Waals surface area contributed by atoms with E-state index in [0.717, 1.165) is 0 Å². The summed E-state index contributed by atoms with van der Waals surface area (Å²) in [5, 5.41) is 0.208. The van der Waals surface area contributed by atoms with E-state index >= 15 is 0 Å². The highest BCUT2D eigenvalue weighted by Crippen LogP contribution is 2.37. The Bertz CT molecular complexity index is 984. The summed E-state index contributed by atoms with van der Waals surface area (Å²) in [6, 6.07) is 12.3. The molecule has 0 unspecified atom stereocenters. The van der Waals surface area contributed by atoms with Gasteiger partial charge in [0, 0.05) is 5.56 Å². The number of nitrogens with zero attached hydrogens (tertiary/aromatic N) is 1. The fourth-order valence-electron chi connectivity index (χ4n) is 2.57. The van der Waals surface area contributed by atoms with Crippen LogP contribution in [0.4, 0.5) is 0 Å². The molecule has 0 aromatic heterocycles. The predicted octanol–water partition coefficient (Wildman–Crippen LogP) is 3.64. The fourth-order valence-corrected chi connectivity index (χ4v) is 2.84. The third kappa shape index (κ3) is 4.94. The first-order valence-corrected chi connectivity index (χ1v) is 9.13. The zero-order chi connectivity index (χ0) is 20.8. The summed E-state index contributed by atoms with van der Waals surface area (Å²) in [6.07, 6.45) is 1.53. The van der Waals surface area contributed by atoms with Gasteiger partial charge in [-0.15, -0.1) is 0 Å². The third-order valence-electron chi connectivity index (χ3n) is 3.84. The number of aliphatic imine (C=N–C) groups is 1. The van der Waals surface area contributed by atoms with Gasteiger partial charge in [0.1, 0.15) is 0 Å². The molecule has 0 amide bonds. The molecule has 0 saturated heterocycles. The van der Waals surface area contributed by atoms with E-state index < -0.39 is 11.9 Å². The smallest absolute Gasteiger partial charge is 0.363 e. The van der Waals surface area contributed by atoms with E-state index in [1.165, 1.54) is 13.2 Å². The van der Waals surface area contributed by atoms with Crippen molar-refractivity contribution < 1.29 is 28.5 Å². The maximum Gasteiger partial charge on any atom is 0.363 e. The van der Waals surface area contributed by atoms with Crippen LogP contribution in [0.5, 0.6) is 11.5 Å². The summed E-state index contributed by atoms with van der Waals surface area (Å²) < 4.78 is 20.8. The standard InChI is InChI=1S/C21H18ClNO6/c1-3-27-18(24)12-28-19-15(22)9-13(11-17(19)26-2)10-16-21(25)29-20(23-16)14-7-5-4-6-8-14/h4-11H,3,12H2,1-2H3. The highest BCUT2D eigenvalue weighted by Gasteiger charge is 2.24. The lowest BCUT2D eigenvalue weighted by Crippen LogP contribution is -2.15. The van der Waals surface area contributed by atoms with E-state index in [4.69, 9.17) is 30.5 Å². The van der Waals surface area contributed by atoms with Gasteiger partial charge in [-0.3, -0.25) is 0 Å². The van der Waals surface area contributed by atoms with Gasteiger partial charge >= 0.3 is 11.9 Å². The normalized spacial score (nSPS) is 14.4. The van der Waals surface area contributed by atoms with Crippen LogP contribution in [0.1, 0.15) is 18.1 Å². The van der Waals surface area contributed by atoms with Gasteiger partial charge in [-0.1, -0.05) is 29.8 Å². The highest BCUT2D eigenvalue weighted by atomic mass is 35.5. The lowest BCUT2D eigenvalue weighted by Gasteiger charge is -2.12. The van der Waals surface area contributed by atoms with Crippen LogP contribution in [-0.4, -0.2) is 38.2 Å². The van der Waals surface area contributed by atoms with Crippen molar-refractivity contribution in [3.05, 3.63) is 64.3 Å². The number of cyclic esters (lactones) is 1. The molecule has 2 aromatic rings. The first-order valence-electron chi connectivity index (χ1n) is 8.75. The summed E-state index contributed by atoms with van der Waals surface area (Å²) >= 11 is 6.28. The van der Waals surface area contributed by atoms with E-state index in [9.17, 15) is 9.59 Å². The first kappa shape index (κ1) is 20.4. The SMILES string of the molecule is CCOC(=O)COc1c(Cl)cc(C=C2N=C(c3ccccc3)OC2=O)cc1OC. The van der Waals surface area contributed by atoms with Crippen LogP contribution in [0.3, 0.4) is 0 Å². The number of carbonyl (C=O) groups excluding carboxylic acids is 2. The Morgan fingerprint density at radius 2 is 2.00 bits per heavy atom. The second kappa shape index (κ2) is 9.25. The second-order valence-electron chi connectivity index (χ2n) is 5.83. The Morgan fingerprint density at radius 1 is 1.24 bits per heavy atom. The molecule has 150 valence electrons. The molecule has 0 spiro atoms. The second-order valence-corrected chi connectivity index (χ2v) is 6.24. The van der Waals surface area contributed by atoms with E-state index in [1.807, 2.05) is 18.2 Å². The van der Waals surface area contributed by atoms with Crippen LogP contribution in [0, 0.1) is 0 Å². The maximum absolute atomic E-state index is 12.2. The number of hydrogen-bond acceptors (Lipinski definition) is 7. The molecule has 0 bridgehead atoms. The number of halogens is 1. The number of methoxy groups -OCH3 is 1. The van der Waals surface area contributed by atoms with Gasteiger partial charge in [-0.05, 0) is 42.8 Å². The van der Waals surface area contributed by atoms with Crippen LogP contribution in [0.2, 0.25) is 5.02 Å². The molecule has 0 fully saturated rings.